The molecule has 0 atom stereocenters. The third-order valence-electron chi connectivity index (χ3n) is 8.04. The number of carboxylic acid groups (broad SMARTS) is 1. The summed E-state index contributed by atoms with van der Waals surface area (Å²) in [6.07, 6.45) is 2.13. The first kappa shape index (κ1) is 36.3. The largest absolute Gasteiger partial charge is 0.478 e. The van der Waals surface area contributed by atoms with Crippen LogP contribution in [0.1, 0.15) is 77.4 Å². The number of aromatic carboxylic acids is 1. The van der Waals surface area contributed by atoms with E-state index in [-0.39, 0.29) is 17.8 Å². The van der Waals surface area contributed by atoms with Gasteiger partial charge < -0.3 is 29.1 Å². The molecular weight excluding hydrogens is 612 g/mol. The Morgan fingerprint density at radius 3 is 2.38 bits per heavy atom. The van der Waals surface area contributed by atoms with Gasteiger partial charge in [-0.05, 0) is 93.1 Å². The smallest absolute Gasteiger partial charge is 0.407 e. The third-order valence-corrected chi connectivity index (χ3v) is 8.04. The fourth-order valence-corrected chi connectivity index (χ4v) is 5.72. The number of carbonyl (C=O) groups excluding carboxylic acids is 2. The zero-order valence-electron chi connectivity index (χ0n) is 28.6. The highest BCUT2D eigenvalue weighted by atomic mass is 16.5. The monoisotopic (exact) mass is 658 g/mol. The van der Waals surface area contributed by atoms with E-state index in [0.29, 0.717) is 75.0 Å². The minimum Gasteiger partial charge on any atom is -0.478 e. The fraction of sp³-hybridized carbons (Fsp3) is 0.421. The van der Waals surface area contributed by atoms with Crippen LogP contribution in [0.3, 0.4) is 0 Å². The van der Waals surface area contributed by atoms with Crippen molar-refractivity contribution in [1.82, 2.24) is 5.32 Å². The van der Waals surface area contributed by atoms with E-state index in [4.69, 9.17) is 18.6 Å². The molecule has 0 unspecified atom stereocenters. The van der Waals surface area contributed by atoms with Gasteiger partial charge >= 0.3 is 12.1 Å². The van der Waals surface area contributed by atoms with Crippen molar-refractivity contribution >= 4 is 28.8 Å². The molecule has 0 saturated heterocycles. The van der Waals surface area contributed by atoms with E-state index in [2.05, 4.69) is 36.3 Å². The van der Waals surface area contributed by atoms with Gasteiger partial charge in [-0.3, -0.25) is 9.79 Å². The Kier molecular flexibility index (Phi) is 13.3. The second kappa shape index (κ2) is 17.6. The predicted octanol–water partition coefficient (Wildman–Crippen LogP) is 7.13. The highest BCUT2D eigenvalue weighted by Gasteiger charge is 2.24. The number of ether oxygens (including phenoxy) is 3. The number of hydrogen-bond donors (Lipinski definition) is 2. The Bertz CT molecular complexity index is 1790. The maximum absolute atomic E-state index is 13.4. The van der Waals surface area contributed by atoms with E-state index >= 15 is 0 Å². The molecule has 1 amide bonds. The first-order valence-corrected chi connectivity index (χ1v) is 16.7. The molecule has 10 heteroatoms. The first-order valence-electron chi connectivity index (χ1n) is 16.7. The Morgan fingerprint density at radius 2 is 1.67 bits per heavy atom. The minimum absolute atomic E-state index is 0.103. The standard InChI is InChI=1S/C38H46N2O8/c1-6-10-26-22-34-30(19-24(26)4)36(31-20-25(5)32(39-7-2)23-35(31)48-34)29-21-27(12-13-28(29)37(42)43)33(41)11-9-15-45-17-18-46-16-14-40-38(44)47-8-3/h12-13,19-23H,6-11,14-18H2,1-5H3,(H,40,44)(H,42,43). The maximum Gasteiger partial charge on any atom is 0.407 e. The maximum atomic E-state index is 13.4. The molecule has 0 bridgehead atoms. The number of fused-ring (bicyclic) bond motifs is 2. The molecule has 2 N–H and O–H groups in total. The predicted molar refractivity (Wildman–Crippen MR) is 185 cm³/mol. The quantitative estimate of drug-likeness (QED) is 0.0694. The number of amides is 1. The van der Waals surface area contributed by atoms with Crippen LogP contribution < -0.4 is 10.7 Å². The van der Waals surface area contributed by atoms with E-state index in [1.54, 1.807) is 19.1 Å². The second-order valence-electron chi connectivity index (χ2n) is 11.6. The molecule has 2 aromatic rings. The van der Waals surface area contributed by atoms with Crippen molar-refractivity contribution in [2.24, 2.45) is 4.99 Å². The van der Waals surface area contributed by atoms with Crippen molar-refractivity contribution in [3.63, 3.8) is 0 Å². The number of Topliss-reactive ketones (excluding diaryl/α,β-unsaturated/α-hetero) is 1. The lowest BCUT2D eigenvalue weighted by Crippen LogP contribution is -2.28. The normalized spacial score (nSPS) is 11.7. The second-order valence-corrected chi connectivity index (χ2v) is 11.6. The first-order chi connectivity index (χ1) is 23.2. The molecule has 10 nitrogen and oxygen atoms in total. The number of nitrogens with zero attached hydrogens (tertiary/aromatic N) is 1. The summed E-state index contributed by atoms with van der Waals surface area (Å²) >= 11 is 0. The summed E-state index contributed by atoms with van der Waals surface area (Å²) in [7, 11) is 0. The van der Waals surface area contributed by atoms with Crippen LogP contribution in [-0.2, 0) is 20.6 Å². The Hall–Kier alpha value is -4.54. The summed E-state index contributed by atoms with van der Waals surface area (Å²) in [6.45, 7) is 12.6. The number of benzene rings is 3. The van der Waals surface area contributed by atoms with Crippen molar-refractivity contribution in [2.75, 3.05) is 46.1 Å². The zero-order valence-corrected chi connectivity index (χ0v) is 28.6. The third kappa shape index (κ3) is 9.08. The van der Waals surface area contributed by atoms with Gasteiger partial charge in [-0.25, -0.2) is 9.59 Å². The average molecular weight is 659 g/mol. The molecule has 0 saturated carbocycles. The van der Waals surface area contributed by atoms with Crippen LogP contribution in [0.25, 0.3) is 33.4 Å². The summed E-state index contributed by atoms with van der Waals surface area (Å²) in [4.78, 5) is 41.9. The van der Waals surface area contributed by atoms with Crippen molar-refractivity contribution < 1.29 is 38.1 Å². The van der Waals surface area contributed by atoms with E-state index in [9.17, 15) is 19.5 Å². The number of ketones is 1. The molecule has 4 rings (SSSR count). The van der Waals surface area contributed by atoms with E-state index in [1.807, 2.05) is 26.0 Å². The number of carbonyl (C=O) groups is 3. The molecular formula is C38H46N2O8. The number of carboxylic acids is 1. The molecule has 256 valence electrons. The average Bonchev–Trinajstić information content (AvgIpc) is 3.05. The number of aryl methyl sites for hydroxylation is 3. The van der Waals surface area contributed by atoms with Crippen molar-refractivity contribution in [3.05, 3.63) is 75.6 Å². The fourth-order valence-electron chi connectivity index (χ4n) is 5.72. The summed E-state index contributed by atoms with van der Waals surface area (Å²) in [5.74, 6) is -0.577. The summed E-state index contributed by atoms with van der Waals surface area (Å²) in [6, 6.07) is 12.8. The van der Waals surface area contributed by atoms with Crippen LogP contribution in [0.5, 0.6) is 0 Å². The lowest BCUT2D eigenvalue weighted by molar-refractivity contribution is 0.0466. The Labute approximate surface area is 281 Å². The van der Waals surface area contributed by atoms with Crippen molar-refractivity contribution in [2.45, 2.75) is 60.3 Å². The summed E-state index contributed by atoms with van der Waals surface area (Å²) in [5, 5.41) is 14.5. The molecule has 48 heavy (non-hydrogen) atoms. The van der Waals surface area contributed by atoms with Crippen LogP contribution in [-0.4, -0.2) is 69.1 Å². The molecule has 1 aliphatic carbocycles. The van der Waals surface area contributed by atoms with Gasteiger partial charge in [0.25, 0.3) is 0 Å². The molecule has 1 heterocycles. The van der Waals surface area contributed by atoms with Gasteiger partial charge in [-0.2, -0.15) is 0 Å². The molecule has 0 radical (unpaired) electrons. The van der Waals surface area contributed by atoms with Crippen LogP contribution in [0.2, 0.25) is 0 Å². The lowest BCUT2D eigenvalue weighted by atomic mass is 9.87. The van der Waals surface area contributed by atoms with Gasteiger partial charge in [-0.15, -0.1) is 0 Å². The lowest BCUT2D eigenvalue weighted by Gasteiger charge is -2.19. The van der Waals surface area contributed by atoms with Crippen molar-refractivity contribution in [1.29, 1.82) is 0 Å². The van der Waals surface area contributed by atoms with Gasteiger partial charge in [-0.1, -0.05) is 19.4 Å². The van der Waals surface area contributed by atoms with Gasteiger partial charge in [0.15, 0.2) is 5.78 Å². The molecule has 2 aliphatic rings. The van der Waals surface area contributed by atoms with Crippen LogP contribution in [0.15, 0.2) is 51.9 Å². The summed E-state index contributed by atoms with van der Waals surface area (Å²) in [5.41, 5.74) is 6.36. The number of hydrogen-bond acceptors (Lipinski definition) is 8. The van der Waals surface area contributed by atoms with E-state index in [0.717, 1.165) is 45.8 Å². The van der Waals surface area contributed by atoms with Gasteiger partial charge in [0.05, 0.1) is 37.3 Å². The van der Waals surface area contributed by atoms with E-state index < -0.39 is 12.1 Å². The SMILES string of the molecule is CCCc1cc2oc3cc(=NCC)c(C)cc-3c(-c3cc(C(=O)CCCOCCOCCNC(=O)OCC)ccc3C(=O)O)c2cc1C. The Balaban J connectivity index is 1.58. The topological polar surface area (TPSA) is 137 Å². The van der Waals surface area contributed by atoms with Gasteiger partial charge in [0, 0.05) is 54.3 Å². The highest BCUT2D eigenvalue weighted by Crippen LogP contribution is 2.43. The van der Waals surface area contributed by atoms with Gasteiger partial charge in [0.2, 0.25) is 0 Å². The molecule has 2 aromatic carbocycles. The molecule has 1 aliphatic heterocycles. The number of alkyl carbamates (subject to hydrolysis) is 1. The number of nitrogens with one attached hydrogen (secondary N) is 1. The van der Waals surface area contributed by atoms with Crippen molar-refractivity contribution in [3.8, 4) is 22.5 Å². The number of rotatable bonds is 17. The van der Waals surface area contributed by atoms with E-state index in [1.165, 1.54) is 11.6 Å². The van der Waals surface area contributed by atoms with Crippen LogP contribution in [0.4, 0.5) is 4.79 Å². The Morgan fingerprint density at radius 1 is 0.896 bits per heavy atom. The summed E-state index contributed by atoms with van der Waals surface area (Å²) < 4.78 is 22.3. The highest BCUT2D eigenvalue weighted by molar-refractivity contribution is 6.09. The van der Waals surface area contributed by atoms with Crippen LogP contribution >= 0.6 is 0 Å². The van der Waals surface area contributed by atoms with Gasteiger partial charge in [0.1, 0.15) is 11.3 Å². The molecule has 0 fully saturated rings. The van der Waals surface area contributed by atoms with Crippen LogP contribution in [0, 0.1) is 13.8 Å². The molecule has 0 spiro atoms. The minimum atomic E-state index is -1.08. The molecule has 0 aromatic heterocycles. The zero-order chi connectivity index (χ0) is 34.6.